The van der Waals surface area contributed by atoms with Crippen LogP contribution < -0.4 is 10.2 Å². The van der Waals surface area contributed by atoms with Crippen molar-refractivity contribution in [2.75, 3.05) is 31.2 Å². The molecule has 5 heteroatoms. The van der Waals surface area contributed by atoms with E-state index in [4.69, 9.17) is 4.74 Å². The molecule has 0 spiro atoms. The zero-order valence-corrected chi connectivity index (χ0v) is 15.1. The van der Waals surface area contributed by atoms with E-state index < -0.39 is 0 Å². The van der Waals surface area contributed by atoms with E-state index >= 15 is 0 Å². The summed E-state index contributed by atoms with van der Waals surface area (Å²) >= 11 is 1.58. The molecule has 1 N–H and O–H groups in total. The fourth-order valence-electron chi connectivity index (χ4n) is 2.72. The van der Waals surface area contributed by atoms with Gasteiger partial charge in [0.05, 0.1) is 23.1 Å². The lowest BCUT2D eigenvalue weighted by Gasteiger charge is -2.28. The molecule has 2 aromatic rings. The van der Waals surface area contributed by atoms with Crippen LogP contribution in [0.25, 0.3) is 11.1 Å². The first-order chi connectivity index (χ1) is 11.7. The van der Waals surface area contributed by atoms with Gasteiger partial charge in [0.2, 0.25) is 0 Å². The standard InChI is InChI=1S/C19H24N2O2S/c1-3-14(2)20-18(22)17-13-16(15-7-5-4-6-8-15)19(24-17)21-9-11-23-12-10-21/h4-8,13-14H,3,9-12H2,1-2H3,(H,20,22). The molecule has 1 amide bonds. The molecule has 0 radical (unpaired) electrons. The van der Waals surface area contributed by atoms with Crippen molar-refractivity contribution in [1.29, 1.82) is 0 Å². The van der Waals surface area contributed by atoms with Crippen molar-refractivity contribution in [3.05, 3.63) is 41.3 Å². The number of amides is 1. The number of ether oxygens (including phenoxy) is 1. The SMILES string of the molecule is CCC(C)NC(=O)c1cc(-c2ccccc2)c(N2CCOCC2)s1. The first-order valence-corrected chi connectivity index (χ1v) is 9.33. The summed E-state index contributed by atoms with van der Waals surface area (Å²) in [6, 6.07) is 12.5. The number of morpholine rings is 1. The van der Waals surface area contributed by atoms with Crippen LogP contribution in [0.2, 0.25) is 0 Å². The maximum absolute atomic E-state index is 12.5. The third-order valence-corrected chi connectivity index (χ3v) is 5.50. The fraction of sp³-hybridized carbons (Fsp3) is 0.421. The predicted octanol–water partition coefficient (Wildman–Crippen LogP) is 3.78. The van der Waals surface area contributed by atoms with Gasteiger partial charge in [-0.25, -0.2) is 0 Å². The second-order valence-electron chi connectivity index (χ2n) is 6.08. The lowest BCUT2D eigenvalue weighted by molar-refractivity contribution is 0.0943. The highest BCUT2D eigenvalue weighted by atomic mass is 32.1. The molecule has 24 heavy (non-hydrogen) atoms. The molecule has 0 saturated carbocycles. The summed E-state index contributed by atoms with van der Waals surface area (Å²) in [7, 11) is 0. The summed E-state index contributed by atoms with van der Waals surface area (Å²) in [5, 5.41) is 4.23. The number of benzene rings is 1. The number of carbonyl (C=O) groups is 1. The molecule has 1 unspecified atom stereocenters. The molecule has 4 nitrogen and oxygen atoms in total. The first-order valence-electron chi connectivity index (χ1n) is 8.52. The number of thiophene rings is 1. The van der Waals surface area contributed by atoms with Crippen molar-refractivity contribution >= 4 is 22.2 Å². The highest BCUT2D eigenvalue weighted by Crippen LogP contribution is 2.39. The molecule has 1 aliphatic heterocycles. The molecule has 128 valence electrons. The van der Waals surface area contributed by atoms with Gasteiger partial charge in [-0.15, -0.1) is 11.3 Å². The van der Waals surface area contributed by atoms with Gasteiger partial charge in [-0.2, -0.15) is 0 Å². The van der Waals surface area contributed by atoms with E-state index in [2.05, 4.69) is 29.3 Å². The molecule has 0 aliphatic carbocycles. The summed E-state index contributed by atoms with van der Waals surface area (Å²) in [5.41, 5.74) is 2.29. The Balaban J connectivity index is 1.94. The van der Waals surface area contributed by atoms with Gasteiger partial charge in [-0.1, -0.05) is 37.3 Å². The number of anilines is 1. The highest BCUT2D eigenvalue weighted by molar-refractivity contribution is 7.18. The van der Waals surface area contributed by atoms with Crippen LogP contribution in [0, 0.1) is 0 Å². The summed E-state index contributed by atoms with van der Waals surface area (Å²) in [4.78, 5) is 15.7. The van der Waals surface area contributed by atoms with Gasteiger partial charge in [0, 0.05) is 24.7 Å². The van der Waals surface area contributed by atoms with E-state index in [9.17, 15) is 4.79 Å². The molecule has 1 aromatic carbocycles. The maximum Gasteiger partial charge on any atom is 0.261 e. The van der Waals surface area contributed by atoms with Crippen molar-refractivity contribution in [2.45, 2.75) is 26.3 Å². The van der Waals surface area contributed by atoms with E-state index in [0.717, 1.165) is 48.7 Å². The van der Waals surface area contributed by atoms with E-state index in [-0.39, 0.29) is 11.9 Å². The van der Waals surface area contributed by atoms with E-state index in [1.54, 1.807) is 11.3 Å². The van der Waals surface area contributed by atoms with Crippen LogP contribution in [0.3, 0.4) is 0 Å². The van der Waals surface area contributed by atoms with Crippen LogP contribution in [0.1, 0.15) is 29.9 Å². The van der Waals surface area contributed by atoms with Gasteiger partial charge < -0.3 is 15.0 Å². The largest absolute Gasteiger partial charge is 0.378 e. The van der Waals surface area contributed by atoms with Crippen LogP contribution in [-0.2, 0) is 4.74 Å². The molecule has 1 saturated heterocycles. The van der Waals surface area contributed by atoms with Crippen LogP contribution in [0.5, 0.6) is 0 Å². The van der Waals surface area contributed by atoms with Crippen LogP contribution >= 0.6 is 11.3 Å². The van der Waals surface area contributed by atoms with Gasteiger partial charge in [0.25, 0.3) is 5.91 Å². The summed E-state index contributed by atoms with van der Waals surface area (Å²) in [5.74, 6) is 0.0195. The lowest BCUT2D eigenvalue weighted by atomic mass is 10.1. The molecule has 3 rings (SSSR count). The average Bonchev–Trinajstić information content (AvgIpc) is 3.08. The molecule has 1 aromatic heterocycles. The van der Waals surface area contributed by atoms with Gasteiger partial charge in [-0.05, 0) is 25.0 Å². The van der Waals surface area contributed by atoms with Gasteiger partial charge in [0.15, 0.2) is 0 Å². The minimum absolute atomic E-state index is 0.0195. The smallest absolute Gasteiger partial charge is 0.261 e. The van der Waals surface area contributed by atoms with E-state index in [1.165, 1.54) is 5.00 Å². The Bertz CT molecular complexity index is 678. The number of rotatable bonds is 5. The second kappa shape index (κ2) is 7.81. The Kier molecular flexibility index (Phi) is 5.53. The summed E-state index contributed by atoms with van der Waals surface area (Å²) in [6.45, 7) is 7.32. The summed E-state index contributed by atoms with van der Waals surface area (Å²) < 4.78 is 5.47. The Morgan fingerprint density at radius 2 is 2.00 bits per heavy atom. The number of nitrogens with zero attached hydrogens (tertiary/aromatic N) is 1. The van der Waals surface area contributed by atoms with Crippen LogP contribution in [0.15, 0.2) is 36.4 Å². The zero-order valence-electron chi connectivity index (χ0n) is 14.2. The normalized spacial score (nSPS) is 16.0. The maximum atomic E-state index is 12.5. The Morgan fingerprint density at radius 3 is 2.67 bits per heavy atom. The molecule has 1 atom stereocenters. The zero-order chi connectivity index (χ0) is 16.9. The lowest BCUT2D eigenvalue weighted by Crippen LogP contribution is -2.36. The highest BCUT2D eigenvalue weighted by Gasteiger charge is 2.22. The predicted molar refractivity (Wildman–Crippen MR) is 100 cm³/mol. The Labute approximate surface area is 147 Å². The van der Waals surface area contributed by atoms with Crippen molar-refractivity contribution in [2.24, 2.45) is 0 Å². The number of carbonyl (C=O) groups excluding carboxylic acids is 1. The van der Waals surface area contributed by atoms with Crippen molar-refractivity contribution < 1.29 is 9.53 Å². The molecule has 0 bridgehead atoms. The molecule has 1 aliphatic rings. The van der Waals surface area contributed by atoms with Crippen molar-refractivity contribution in [3.63, 3.8) is 0 Å². The summed E-state index contributed by atoms with van der Waals surface area (Å²) in [6.07, 6.45) is 0.930. The minimum Gasteiger partial charge on any atom is -0.378 e. The molecular weight excluding hydrogens is 320 g/mol. The Morgan fingerprint density at radius 1 is 1.29 bits per heavy atom. The van der Waals surface area contributed by atoms with E-state index in [0.29, 0.717) is 0 Å². The number of nitrogens with one attached hydrogen (secondary N) is 1. The second-order valence-corrected chi connectivity index (χ2v) is 7.11. The van der Waals surface area contributed by atoms with Crippen molar-refractivity contribution in [3.8, 4) is 11.1 Å². The number of hydrogen-bond donors (Lipinski definition) is 1. The van der Waals surface area contributed by atoms with Crippen LogP contribution in [0.4, 0.5) is 5.00 Å². The third kappa shape index (κ3) is 3.79. The van der Waals surface area contributed by atoms with Crippen molar-refractivity contribution in [1.82, 2.24) is 5.32 Å². The molecule has 1 fully saturated rings. The average molecular weight is 344 g/mol. The van der Waals surface area contributed by atoms with Gasteiger partial charge in [0.1, 0.15) is 0 Å². The van der Waals surface area contributed by atoms with Gasteiger partial charge >= 0.3 is 0 Å². The molecular formula is C19H24N2O2S. The monoisotopic (exact) mass is 344 g/mol. The third-order valence-electron chi connectivity index (χ3n) is 4.31. The molecule has 2 heterocycles. The quantitative estimate of drug-likeness (QED) is 0.897. The van der Waals surface area contributed by atoms with E-state index in [1.807, 2.05) is 31.2 Å². The topological polar surface area (TPSA) is 41.6 Å². The minimum atomic E-state index is 0.0195. The first kappa shape index (κ1) is 17.0. The number of hydrogen-bond acceptors (Lipinski definition) is 4. The van der Waals surface area contributed by atoms with Crippen LogP contribution in [-0.4, -0.2) is 38.3 Å². The Hall–Kier alpha value is -1.85. The fourth-order valence-corrected chi connectivity index (χ4v) is 3.85. The van der Waals surface area contributed by atoms with Gasteiger partial charge in [-0.3, -0.25) is 4.79 Å².